The Morgan fingerprint density at radius 3 is 2.65 bits per heavy atom. The molecule has 0 aliphatic heterocycles. The Labute approximate surface area is 130 Å². The van der Waals surface area contributed by atoms with Gasteiger partial charge in [0.15, 0.2) is 0 Å². The summed E-state index contributed by atoms with van der Waals surface area (Å²) in [4.78, 5) is 0. The molecule has 2 rings (SSSR count). The lowest BCUT2D eigenvalue weighted by Gasteiger charge is -2.12. The number of halogens is 3. The molecule has 0 unspecified atom stereocenters. The van der Waals surface area contributed by atoms with Crippen molar-refractivity contribution in [2.75, 3.05) is 7.11 Å². The summed E-state index contributed by atoms with van der Waals surface area (Å²) in [7, 11) is 1.60. The molecule has 0 aliphatic rings. The summed E-state index contributed by atoms with van der Waals surface area (Å²) in [6, 6.07) is 10.2. The fraction of sp³-hybridized carbons (Fsp3) is 0.200. The van der Waals surface area contributed by atoms with E-state index in [1.165, 1.54) is 12.1 Å². The first-order valence-corrected chi connectivity index (χ1v) is 7.43. The molecule has 0 spiro atoms. The number of benzene rings is 2. The maximum absolute atomic E-state index is 13.4. The van der Waals surface area contributed by atoms with Crippen LogP contribution in [0.3, 0.4) is 0 Å². The molecule has 0 bridgehead atoms. The summed E-state index contributed by atoms with van der Waals surface area (Å²) in [5.41, 5.74) is 1.72. The normalized spacial score (nSPS) is 10.4. The van der Waals surface area contributed by atoms with Crippen molar-refractivity contribution in [3.63, 3.8) is 0 Å². The van der Waals surface area contributed by atoms with Crippen molar-refractivity contribution in [2.45, 2.75) is 11.9 Å². The smallest absolute Gasteiger partial charge is 0.142 e. The van der Waals surface area contributed by atoms with Gasteiger partial charge in [0.1, 0.15) is 23.9 Å². The first-order valence-electron chi connectivity index (χ1n) is 5.93. The molecule has 0 saturated heterocycles. The lowest BCUT2D eigenvalue weighted by molar-refractivity contribution is 0.301. The van der Waals surface area contributed by atoms with E-state index in [4.69, 9.17) is 21.1 Å². The number of hydrogen-bond acceptors (Lipinski definition) is 2. The van der Waals surface area contributed by atoms with Crippen molar-refractivity contribution in [3.05, 3.63) is 58.4 Å². The second-order valence-corrected chi connectivity index (χ2v) is 5.11. The van der Waals surface area contributed by atoms with Crippen LogP contribution < -0.4 is 9.47 Å². The second kappa shape index (κ2) is 6.95. The van der Waals surface area contributed by atoms with E-state index in [0.717, 1.165) is 11.1 Å². The van der Waals surface area contributed by atoms with Gasteiger partial charge in [-0.3, -0.25) is 0 Å². The van der Waals surface area contributed by atoms with Crippen LogP contribution in [-0.2, 0) is 11.9 Å². The van der Waals surface area contributed by atoms with Gasteiger partial charge in [0.25, 0.3) is 0 Å². The topological polar surface area (TPSA) is 18.5 Å². The Bertz CT molecular complexity index is 604. The molecule has 0 fully saturated rings. The summed E-state index contributed by atoms with van der Waals surface area (Å²) in [6.45, 7) is 0.265. The summed E-state index contributed by atoms with van der Waals surface area (Å²) in [5.74, 6) is 0.975. The van der Waals surface area contributed by atoms with Crippen LogP contribution in [0.1, 0.15) is 11.1 Å². The number of ether oxygens (including phenoxy) is 2. The van der Waals surface area contributed by atoms with E-state index in [9.17, 15) is 4.39 Å². The zero-order valence-corrected chi connectivity index (χ0v) is 13.2. The van der Waals surface area contributed by atoms with Crippen molar-refractivity contribution >= 4 is 27.5 Å². The molecule has 0 atom stereocenters. The minimum atomic E-state index is -0.445. The van der Waals surface area contributed by atoms with Gasteiger partial charge in [0, 0.05) is 17.0 Å². The standard InChI is InChI=1S/C15H13BrClFO2/c1-19-12-4-3-11(8-16)15(7-12)20-9-10-2-5-13(17)14(18)6-10/h2-7H,8-9H2,1H3. The molecule has 2 nitrogen and oxygen atoms in total. The number of alkyl halides is 1. The highest BCUT2D eigenvalue weighted by Crippen LogP contribution is 2.27. The lowest BCUT2D eigenvalue weighted by atomic mass is 10.2. The minimum Gasteiger partial charge on any atom is -0.497 e. The monoisotopic (exact) mass is 358 g/mol. The minimum absolute atomic E-state index is 0.108. The summed E-state index contributed by atoms with van der Waals surface area (Å²) in [6.07, 6.45) is 0. The van der Waals surface area contributed by atoms with Gasteiger partial charge in [0.05, 0.1) is 12.1 Å². The van der Waals surface area contributed by atoms with Crippen LogP contribution in [0.4, 0.5) is 4.39 Å². The van der Waals surface area contributed by atoms with Crippen LogP contribution in [0.25, 0.3) is 0 Å². The number of hydrogen-bond donors (Lipinski definition) is 0. The number of methoxy groups -OCH3 is 1. The van der Waals surface area contributed by atoms with E-state index in [0.29, 0.717) is 16.8 Å². The van der Waals surface area contributed by atoms with Gasteiger partial charge in [-0.15, -0.1) is 0 Å². The first-order chi connectivity index (χ1) is 9.63. The Hall–Kier alpha value is -1.26. The van der Waals surface area contributed by atoms with Crippen molar-refractivity contribution in [1.29, 1.82) is 0 Å². The van der Waals surface area contributed by atoms with Crippen molar-refractivity contribution < 1.29 is 13.9 Å². The third kappa shape index (κ3) is 3.64. The van der Waals surface area contributed by atoms with E-state index in [-0.39, 0.29) is 11.6 Å². The van der Waals surface area contributed by atoms with Crippen LogP contribution >= 0.6 is 27.5 Å². The van der Waals surface area contributed by atoms with Crippen molar-refractivity contribution in [3.8, 4) is 11.5 Å². The maximum Gasteiger partial charge on any atom is 0.142 e. The average molecular weight is 360 g/mol. The van der Waals surface area contributed by atoms with Crippen LogP contribution in [0, 0.1) is 5.82 Å². The largest absolute Gasteiger partial charge is 0.497 e. The van der Waals surface area contributed by atoms with Gasteiger partial charge < -0.3 is 9.47 Å². The van der Waals surface area contributed by atoms with Gasteiger partial charge in [-0.1, -0.05) is 39.7 Å². The fourth-order valence-electron chi connectivity index (χ4n) is 1.70. The molecule has 0 aliphatic carbocycles. The van der Waals surface area contributed by atoms with Gasteiger partial charge in [-0.2, -0.15) is 0 Å². The molecule has 0 saturated carbocycles. The van der Waals surface area contributed by atoms with Gasteiger partial charge in [0.2, 0.25) is 0 Å². The Kier molecular flexibility index (Phi) is 5.26. The summed E-state index contributed by atoms with van der Waals surface area (Å²) >= 11 is 9.05. The lowest BCUT2D eigenvalue weighted by Crippen LogP contribution is -1.99. The average Bonchev–Trinajstić information content (AvgIpc) is 2.48. The van der Waals surface area contributed by atoms with Gasteiger partial charge in [-0.25, -0.2) is 4.39 Å². The van der Waals surface area contributed by atoms with E-state index in [1.54, 1.807) is 13.2 Å². The molecule has 20 heavy (non-hydrogen) atoms. The summed E-state index contributed by atoms with van der Waals surface area (Å²) < 4.78 is 24.3. The van der Waals surface area contributed by atoms with E-state index < -0.39 is 5.82 Å². The highest BCUT2D eigenvalue weighted by molar-refractivity contribution is 9.08. The highest BCUT2D eigenvalue weighted by Gasteiger charge is 2.07. The van der Waals surface area contributed by atoms with E-state index >= 15 is 0 Å². The quantitative estimate of drug-likeness (QED) is 0.702. The fourth-order valence-corrected chi connectivity index (χ4v) is 2.28. The predicted octanol–water partition coefficient (Wildman–Crippen LogP) is 4.96. The molecule has 0 radical (unpaired) electrons. The molecule has 2 aromatic carbocycles. The molecule has 5 heteroatoms. The highest BCUT2D eigenvalue weighted by atomic mass is 79.9. The first kappa shape index (κ1) is 15.1. The van der Waals surface area contributed by atoms with Gasteiger partial charge >= 0.3 is 0 Å². The van der Waals surface area contributed by atoms with Gasteiger partial charge in [-0.05, 0) is 23.8 Å². The van der Waals surface area contributed by atoms with Crippen molar-refractivity contribution in [2.24, 2.45) is 0 Å². The molecule has 0 heterocycles. The Morgan fingerprint density at radius 1 is 1.20 bits per heavy atom. The number of rotatable bonds is 5. The van der Waals surface area contributed by atoms with E-state index in [1.807, 2.05) is 18.2 Å². The Balaban J connectivity index is 2.15. The predicted molar refractivity (Wildman–Crippen MR) is 81.4 cm³/mol. The van der Waals surface area contributed by atoms with Crippen LogP contribution in [0.15, 0.2) is 36.4 Å². The molecule has 106 valence electrons. The third-order valence-corrected chi connectivity index (χ3v) is 3.71. The van der Waals surface area contributed by atoms with Crippen molar-refractivity contribution in [1.82, 2.24) is 0 Å². The zero-order chi connectivity index (χ0) is 14.5. The molecular weight excluding hydrogens is 347 g/mol. The molecule has 0 amide bonds. The second-order valence-electron chi connectivity index (χ2n) is 4.14. The molecule has 0 N–H and O–H groups in total. The molecule has 0 aromatic heterocycles. The third-order valence-electron chi connectivity index (χ3n) is 2.80. The summed E-state index contributed by atoms with van der Waals surface area (Å²) in [5, 5.41) is 0.776. The molecular formula is C15H13BrClFO2. The maximum atomic E-state index is 13.4. The van der Waals surface area contributed by atoms with Crippen LogP contribution in [0.5, 0.6) is 11.5 Å². The zero-order valence-electron chi connectivity index (χ0n) is 10.8. The van der Waals surface area contributed by atoms with Crippen LogP contribution in [0.2, 0.25) is 5.02 Å². The van der Waals surface area contributed by atoms with E-state index in [2.05, 4.69) is 15.9 Å². The molecule has 2 aromatic rings. The van der Waals surface area contributed by atoms with Crippen LogP contribution in [-0.4, -0.2) is 7.11 Å². The Morgan fingerprint density at radius 2 is 2.00 bits per heavy atom. The SMILES string of the molecule is COc1ccc(CBr)c(OCc2ccc(Cl)c(F)c2)c1.